The zero-order valence-electron chi connectivity index (χ0n) is 12.4. The van der Waals surface area contributed by atoms with E-state index in [1.165, 1.54) is 0 Å². The third-order valence-electron chi connectivity index (χ3n) is 1.51. The molecule has 1 N–H and O–H groups in total. The lowest BCUT2D eigenvalue weighted by atomic mass is 10.5. The van der Waals surface area contributed by atoms with Crippen LogP contribution < -0.4 is 5.08 Å². The molecule has 0 radical (unpaired) electrons. The maximum absolute atomic E-state index is 12.7. The van der Waals surface area contributed by atoms with Crippen molar-refractivity contribution in [3.8, 4) is 0 Å². The maximum atomic E-state index is 12.7. The Morgan fingerprint density at radius 3 is 2.71 bits per heavy atom. The SMILES string of the molecule is [2H]N1CCCOP1(=O)N(C([2H])([2H])CCl)C([2H])([2H])CCl. The van der Waals surface area contributed by atoms with Gasteiger partial charge in [0.1, 0.15) is 1.41 Å². The third kappa shape index (κ3) is 3.37. The molecule has 1 unspecified atom stereocenters. The standard InChI is InChI=1S/C7H15Cl2N2O2P/c8-2-5-11(6-3-9)14(12)10-4-1-7-13-14/h1-7H2,(H,10,12)/i5D2,6D2/hD. The van der Waals surface area contributed by atoms with Crippen molar-refractivity contribution in [3.63, 3.8) is 0 Å². The van der Waals surface area contributed by atoms with Crippen LogP contribution in [0.25, 0.3) is 0 Å². The van der Waals surface area contributed by atoms with E-state index in [-0.39, 0.29) is 13.2 Å². The van der Waals surface area contributed by atoms with Crippen molar-refractivity contribution in [3.05, 3.63) is 0 Å². The molecule has 1 fully saturated rings. The van der Waals surface area contributed by atoms with Gasteiger partial charge in [0.15, 0.2) is 0 Å². The van der Waals surface area contributed by atoms with Crippen LogP contribution in [0.2, 0.25) is 1.41 Å². The first-order chi connectivity index (χ1) is 8.62. The second-order valence-corrected chi connectivity index (χ2v) is 4.89. The zero-order valence-corrected chi connectivity index (χ0v) is 9.86. The molecule has 0 amide bonds. The first-order valence-corrected chi connectivity index (χ1v) is 6.66. The molecule has 0 aromatic rings. The second-order valence-electron chi connectivity index (χ2n) is 2.44. The number of alkyl halides is 2. The Morgan fingerprint density at radius 1 is 1.57 bits per heavy atom. The summed E-state index contributed by atoms with van der Waals surface area (Å²) in [6.45, 7) is -4.79. The fourth-order valence-electron chi connectivity index (χ4n) is 0.955. The molecular weight excluding hydrogens is 246 g/mol. The Bertz CT molecular complexity index is 359. The molecule has 1 atom stereocenters. The van der Waals surface area contributed by atoms with Gasteiger partial charge in [0, 0.05) is 36.8 Å². The molecule has 0 saturated carbocycles. The molecule has 1 rings (SSSR count). The average Bonchev–Trinajstić information content (AvgIpc) is 2.32. The number of nitrogens with zero attached hydrogens (tertiary/aromatic N) is 1. The predicted octanol–water partition coefficient (Wildman–Crippen LogP) is 1.88. The van der Waals surface area contributed by atoms with Gasteiger partial charge in [-0.05, 0) is 6.42 Å². The van der Waals surface area contributed by atoms with E-state index in [9.17, 15) is 4.57 Å². The molecule has 4 nitrogen and oxygen atoms in total. The summed E-state index contributed by atoms with van der Waals surface area (Å²) in [5.41, 5.74) is 0. The van der Waals surface area contributed by atoms with Gasteiger partial charge in [-0.3, -0.25) is 4.57 Å². The fraction of sp³-hybridized carbons (Fsp3) is 1.00. The summed E-state index contributed by atoms with van der Waals surface area (Å²) in [4.78, 5) is 0. The van der Waals surface area contributed by atoms with Gasteiger partial charge in [-0.1, -0.05) is 0 Å². The van der Waals surface area contributed by atoms with Crippen molar-refractivity contribution in [2.45, 2.75) is 6.42 Å². The Balaban J connectivity index is 3.27. The van der Waals surface area contributed by atoms with Gasteiger partial charge in [-0.15, -0.1) is 23.2 Å². The first-order valence-electron chi connectivity index (χ1n) is 6.51. The van der Waals surface area contributed by atoms with Crippen molar-refractivity contribution < 1.29 is 16.0 Å². The highest BCUT2D eigenvalue weighted by atomic mass is 35.5. The maximum Gasteiger partial charge on any atom is 0.343 e. The smallest absolute Gasteiger partial charge is 0.306 e. The van der Waals surface area contributed by atoms with Gasteiger partial charge >= 0.3 is 7.67 Å². The number of hydrogen-bond acceptors (Lipinski definition) is 2. The minimum atomic E-state index is -4.18. The van der Waals surface area contributed by atoms with Crippen LogP contribution in [0, 0.1) is 0 Å². The van der Waals surface area contributed by atoms with Crippen molar-refractivity contribution in [1.82, 2.24) is 9.75 Å². The Labute approximate surface area is 102 Å². The van der Waals surface area contributed by atoms with E-state index in [1.54, 1.807) is 0 Å². The van der Waals surface area contributed by atoms with Crippen LogP contribution in [0.5, 0.6) is 0 Å². The number of nitrogens with one attached hydrogen (secondary N) is 1. The summed E-state index contributed by atoms with van der Waals surface area (Å²) in [5.74, 6) is -1.27. The normalized spacial score (nSPS) is 36.9. The van der Waals surface area contributed by atoms with Crippen LogP contribution in [0.15, 0.2) is 0 Å². The van der Waals surface area contributed by atoms with Crippen LogP contribution >= 0.6 is 30.9 Å². The molecule has 0 aromatic heterocycles. The largest absolute Gasteiger partial charge is 0.343 e. The van der Waals surface area contributed by atoms with E-state index >= 15 is 0 Å². The fourth-order valence-corrected chi connectivity index (χ4v) is 2.94. The summed E-state index contributed by atoms with van der Waals surface area (Å²) in [6.07, 6.45) is 0.453. The second kappa shape index (κ2) is 6.31. The van der Waals surface area contributed by atoms with Crippen LogP contribution in [-0.2, 0) is 9.09 Å². The van der Waals surface area contributed by atoms with E-state index in [2.05, 4.69) is 0 Å². The summed E-state index contributed by atoms with van der Waals surface area (Å²) in [7, 11) is -4.18. The Hall–Kier alpha value is 0.690. The highest BCUT2D eigenvalue weighted by Crippen LogP contribution is 2.47. The van der Waals surface area contributed by atoms with Crippen molar-refractivity contribution in [2.75, 3.05) is 37.9 Å². The van der Waals surface area contributed by atoms with E-state index in [1.807, 2.05) is 0 Å². The van der Waals surface area contributed by atoms with Gasteiger partial charge in [0.05, 0.1) is 6.61 Å². The molecule has 0 aromatic carbocycles. The predicted molar refractivity (Wildman–Crippen MR) is 59.2 cm³/mol. The number of halogens is 2. The van der Waals surface area contributed by atoms with E-state index in [0.29, 0.717) is 16.2 Å². The van der Waals surface area contributed by atoms with Gasteiger partial charge < -0.3 is 4.52 Å². The number of rotatable bonds is 5. The van der Waals surface area contributed by atoms with E-state index < -0.39 is 32.4 Å². The summed E-state index contributed by atoms with van der Waals surface area (Å²) < 4.78 is 56.7. The molecule has 1 heterocycles. The molecule has 0 bridgehead atoms. The average molecular weight is 266 g/mol. The third-order valence-corrected chi connectivity index (χ3v) is 3.62. The van der Waals surface area contributed by atoms with E-state index in [0.717, 1.165) is 0 Å². The van der Waals surface area contributed by atoms with Crippen molar-refractivity contribution in [1.29, 1.82) is 0 Å². The molecule has 14 heavy (non-hydrogen) atoms. The summed E-state index contributed by atoms with van der Waals surface area (Å²) in [6, 6.07) is 0. The summed E-state index contributed by atoms with van der Waals surface area (Å²) >= 11 is 11.0. The molecule has 84 valence electrons. The lowest BCUT2D eigenvalue weighted by Crippen LogP contribution is -2.35. The van der Waals surface area contributed by atoms with Gasteiger partial charge in [-0.2, -0.15) is 0 Å². The molecular formula is C7H15Cl2N2O2P. The highest BCUT2D eigenvalue weighted by molar-refractivity contribution is 7.54. The van der Waals surface area contributed by atoms with Crippen LogP contribution in [0.4, 0.5) is 0 Å². The monoisotopic (exact) mass is 265 g/mol. The molecule has 0 spiro atoms. The Morgan fingerprint density at radius 2 is 2.21 bits per heavy atom. The minimum Gasteiger partial charge on any atom is -0.306 e. The molecule has 1 saturated heterocycles. The summed E-state index contributed by atoms with van der Waals surface area (Å²) in [5, 5.41) is 0.575. The van der Waals surface area contributed by atoms with Crippen LogP contribution in [-0.4, -0.2) is 42.6 Å². The number of hydrogen-bond donors (Lipinski definition) is 1. The lowest BCUT2D eigenvalue weighted by molar-refractivity contribution is 0.233. The Kier molecular flexibility index (Phi) is 3.20. The zero-order chi connectivity index (χ0) is 14.9. The van der Waals surface area contributed by atoms with Crippen molar-refractivity contribution in [2.24, 2.45) is 0 Å². The quantitative estimate of drug-likeness (QED) is 0.609. The van der Waals surface area contributed by atoms with Crippen LogP contribution in [0.3, 0.4) is 0 Å². The minimum absolute atomic E-state index is 0.0554. The molecule has 7 heteroatoms. The van der Waals surface area contributed by atoms with E-state index in [4.69, 9.17) is 34.6 Å². The van der Waals surface area contributed by atoms with Gasteiger partial charge in [0.2, 0.25) is 0 Å². The van der Waals surface area contributed by atoms with Gasteiger partial charge in [-0.25, -0.2) is 9.75 Å². The lowest BCUT2D eigenvalue weighted by Gasteiger charge is -2.33. The first kappa shape index (κ1) is 7.10. The molecule has 1 aliphatic rings. The highest BCUT2D eigenvalue weighted by Gasteiger charge is 2.32. The van der Waals surface area contributed by atoms with Crippen molar-refractivity contribution >= 4 is 30.9 Å². The molecule has 1 aliphatic heterocycles. The molecule has 0 aliphatic carbocycles. The van der Waals surface area contributed by atoms with Gasteiger partial charge in [0.25, 0.3) is 0 Å². The van der Waals surface area contributed by atoms with Crippen LogP contribution in [0.1, 0.15) is 11.9 Å². The topological polar surface area (TPSA) is 41.6 Å².